The van der Waals surface area contributed by atoms with Gasteiger partial charge in [0.15, 0.2) is 0 Å². The summed E-state index contributed by atoms with van der Waals surface area (Å²) in [5.74, 6) is 0.860. The number of benzene rings is 1. The first-order chi connectivity index (χ1) is 7.72. The number of hydrogen-bond donors (Lipinski definition) is 1. The van der Waals surface area contributed by atoms with E-state index in [1.165, 1.54) is 12.8 Å². The lowest BCUT2D eigenvalue weighted by atomic mass is 10.2. The Morgan fingerprint density at radius 1 is 1.31 bits per heavy atom. The van der Waals surface area contributed by atoms with Gasteiger partial charge in [-0.2, -0.15) is 0 Å². The van der Waals surface area contributed by atoms with Crippen LogP contribution in [0.2, 0.25) is 0 Å². The molecule has 0 heterocycles. The minimum atomic E-state index is 0.818. The van der Waals surface area contributed by atoms with Gasteiger partial charge >= 0.3 is 0 Å². The van der Waals surface area contributed by atoms with E-state index in [0.717, 1.165) is 30.2 Å². The molecule has 0 bridgehead atoms. The maximum absolute atomic E-state index is 6.00. The first kappa shape index (κ1) is 12.7. The van der Waals surface area contributed by atoms with E-state index >= 15 is 0 Å². The predicted molar refractivity (Wildman–Crippen MR) is 70.2 cm³/mol. The molecule has 1 rings (SSSR count). The van der Waals surface area contributed by atoms with Gasteiger partial charge in [0.05, 0.1) is 18.5 Å². The molecule has 0 aliphatic carbocycles. The van der Waals surface area contributed by atoms with E-state index in [-0.39, 0.29) is 0 Å². The Kier molecular flexibility index (Phi) is 4.96. The molecule has 0 saturated carbocycles. The lowest BCUT2D eigenvalue weighted by Crippen LogP contribution is -2.24. The molecule has 1 aromatic rings. The molecular formula is C13H22N2O. The normalized spacial score (nSPS) is 10.2. The van der Waals surface area contributed by atoms with E-state index < -0.39 is 0 Å². The number of unbranched alkanes of at least 4 members (excludes halogenated alkanes) is 1. The standard InChI is InChI=1S/C13H22N2O/c1-4-6-9-15(5-2)13-10-11(16-3)7-8-12(13)14/h7-8,10H,4-6,9,14H2,1-3H3. The van der Waals surface area contributed by atoms with Crippen LogP contribution in [-0.4, -0.2) is 20.2 Å². The van der Waals surface area contributed by atoms with Crippen molar-refractivity contribution < 1.29 is 4.74 Å². The van der Waals surface area contributed by atoms with Gasteiger partial charge in [0.2, 0.25) is 0 Å². The Hall–Kier alpha value is -1.38. The number of ether oxygens (including phenoxy) is 1. The lowest BCUT2D eigenvalue weighted by Gasteiger charge is -2.24. The molecule has 0 aliphatic heterocycles. The Morgan fingerprint density at radius 3 is 2.62 bits per heavy atom. The topological polar surface area (TPSA) is 38.5 Å². The van der Waals surface area contributed by atoms with Gasteiger partial charge in [0.25, 0.3) is 0 Å². The number of nitrogens with two attached hydrogens (primary N) is 1. The molecule has 0 aromatic heterocycles. The molecule has 0 unspecified atom stereocenters. The largest absolute Gasteiger partial charge is 0.497 e. The molecule has 0 aliphatic rings. The summed E-state index contributed by atoms with van der Waals surface area (Å²) in [6.45, 7) is 6.36. The van der Waals surface area contributed by atoms with E-state index in [1.54, 1.807) is 7.11 Å². The smallest absolute Gasteiger partial charge is 0.121 e. The molecule has 0 radical (unpaired) electrons. The van der Waals surface area contributed by atoms with Crippen molar-refractivity contribution in [2.75, 3.05) is 30.8 Å². The van der Waals surface area contributed by atoms with Gasteiger partial charge in [-0.05, 0) is 25.5 Å². The van der Waals surface area contributed by atoms with Crippen molar-refractivity contribution in [1.29, 1.82) is 0 Å². The first-order valence-electron chi connectivity index (χ1n) is 5.91. The summed E-state index contributed by atoms with van der Waals surface area (Å²) >= 11 is 0. The maximum Gasteiger partial charge on any atom is 0.121 e. The average molecular weight is 222 g/mol. The molecule has 0 atom stereocenters. The molecule has 3 nitrogen and oxygen atoms in total. The molecule has 0 amide bonds. The predicted octanol–water partition coefficient (Wildman–Crippen LogP) is 2.90. The Balaban J connectivity index is 2.89. The Labute approximate surface area is 98.2 Å². The average Bonchev–Trinajstić information content (AvgIpc) is 2.32. The summed E-state index contributed by atoms with van der Waals surface area (Å²) in [6.07, 6.45) is 2.38. The van der Waals surface area contributed by atoms with Gasteiger partial charge in [-0.15, -0.1) is 0 Å². The SMILES string of the molecule is CCCCN(CC)c1cc(OC)ccc1N. The second kappa shape index (κ2) is 6.26. The molecule has 0 fully saturated rings. The maximum atomic E-state index is 6.00. The molecule has 3 heteroatoms. The third kappa shape index (κ3) is 3.05. The van der Waals surface area contributed by atoms with E-state index in [0.29, 0.717) is 0 Å². The van der Waals surface area contributed by atoms with Crippen LogP contribution in [0, 0.1) is 0 Å². The van der Waals surface area contributed by atoms with Crippen molar-refractivity contribution in [2.24, 2.45) is 0 Å². The highest BCUT2D eigenvalue weighted by Gasteiger charge is 2.08. The summed E-state index contributed by atoms with van der Waals surface area (Å²) in [4.78, 5) is 2.29. The van der Waals surface area contributed by atoms with Crippen molar-refractivity contribution in [1.82, 2.24) is 0 Å². The zero-order valence-corrected chi connectivity index (χ0v) is 10.5. The van der Waals surface area contributed by atoms with E-state index in [1.807, 2.05) is 18.2 Å². The van der Waals surface area contributed by atoms with Gasteiger partial charge in [0.1, 0.15) is 5.75 Å². The first-order valence-corrected chi connectivity index (χ1v) is 5.91. The summed E-state index contributed by atoms with van der Waals surface area (Å²) in [5, 5.41) is 0. The fourth-order valence-electron chi connectivity index (χ4n) is 1.72. The van der Waals surface area contributed by atoms with Crippen molar-refractivity contribution in [3.8, 4) is 5.75 Å². The summed E-state index contributed by atoms with van der Waals surface area (Å²) in [6, 6.07) is 5.81. The Bertz CT molecular complexity index is 326. The number of hydrogen-bond acceptors (Lipinski definition) is 3. The third-order valence-corrected chi connectivity index (χ3v) is 2.74. The van der Waals surface area contributed by atoms with Crippen LogP contribution in [0.5, 0.6) is 5.75 Å². The molecule has 0 spiro atoms. The number of rotatable bonds is 6. The number of methoxy groups -OCH3 is 1. The van der Waals surface area contributed by atoms with Crippen LogP contribution >= 0.6 is 0 Å². The van der Waals surface area contributed by atoms with Crippen molar-refractivity contribution in [3.63, 3.8) is 0 Å². The minimum absolute atomic E-state index is 0.818. The van der Waals surface area contributed by atoms with Crippen molar-refractivity contribution >= 4 is 11.4 Å². The van der Waals surface area contributed by atoms with Gasteiger partial charge in [-0.25, -0.2) is 0 Å². The third-order valence-electron chi connectivity index (χ3n) is 2.74. The lowest BCUT2D eigenvalue weighted by molar-refractivity contribution is 0.415. The van der Waals surface area contributed by atoms with Crippen LogP contribution < -0.4 is 15.4 Å². The Morgan fingerprint density at radius 2 is 2.06 bits per heavy atom. The van der Waals surface area contributed by atoms with Crippen LogP contribution in [-0.2, 0) is 0 Å². The van der Waals surface area contributed by atoms with Crippen LogP contribution in [0.25, 0.3) is 0 Å². The molecular weight excluding hydrogens is 200 g/mol. The van der Waals surface area contributed by atoms with E-state index in [4.69, 9.17) is 10.5 Å². The second-order valence-electron chi connectivity index (χ2n) is 3.86. The van der Waals surface area contributed by atoms with Gasteiger partial charge < -0.3 is 15.4 Å². The minimum Gasteiger partial charge on any atom is -0.497 e. The molecule has 2 N–H and O–H groups in total. The van der Waals surface area contributed by atoms with Crippen LogP contribution in [0.1, 0.15) is 26.7 Å². The molecule has 0 saturated heterocycles. The fraction of sp³-hybridized carbons (Fsp3) is 0.538. The van der Waals surface area contributed by atoms with E-state index in [9.17, 15) is 0 Å². The van der Waals surface area contributed by atoms with E-state index in [2.05, 4.69) is 18.7 Å². The zero-order chi connectivity index (χ0) is 12.0. The number of nitrogen functional groups attached to an aromatic ring is 1. The number of anilines is 2. The quantitative estimate of drug-likeness (QED) is 0.752. The molecule has 90 valence electrons. The molecule has 1 aromatic carbocycles. The van der Waals surface area contributed by atoms with Gasteiger partial charge in [0, 0.05) is 19.2 Å². The summed E-state index contributed by atoms with van der Waals surface area (Å²) < 4.78 is 5.23. The summed E-state index contributed by atoms with van der Waals surface area (Å²) in [5.41, 5.74) is 7.89. The van der Waals surface area contributed by atoms with Gasteiger partial charge in [-0.3, -0.25) is 0 Å². The highest BCUT2D eigenvalue weighted by atomic mass is 16.5. The number of nitrogens with zero attached hydrogens (tertiary/aromatic N) is 1. The van der Waals surface area contributed by atoms with Crippen LogP contribution in [0.4, 0.5) is 11.4 Å². The van der Waals surface area contributed by atoms with Crippen molar-refractivity contribution in [3.05, 3.63) is 18.2 Å². The highest BCUT2D eigenvalue weighted by molar-refractivity contribution is 5.69. The summed E-state index contributed by atoms with van der Waals surface area (Å²) in [7, 11) is 1.68. The fourth-order valence-corrected chi connectivity index (χ4v) is 1.72. The van der Waals surface area contributed by atoms with Crippen LogP contribution in [0.15, 0.2) is 18.2 Å². The van der Waals surface area contributed by atoms with Gasteiger partial charge in [-0.1, -0.05) is 13.3 Å². The highest BCUT2D eigenvalue weighted by Crippen LogP contribution is 2.28. The molecule has 16 heavy (non-hydrogen) atoms. The zero-order valence-electron chi connectivity index (χ0n) is 10.5. The van der Waals surface area contributed by atoms with Crippen LogP contribution in [0.3, 0.4) is 0 Å². The monoisotopic (exact) mass is 222 g/mol. The second-order valence-corrected chi connectivity index (χ2v) is 3.86. The van der Waals surface area contributed by atoms with Crippen molar-refractivity contribution in [2.45, 2.75) is 26.7 Å².